The predicted molar refractivity (Wildman–Crippen MR) is 64.8 cm³/mol. The number of fused-ring (bicyclic) bond motifs is 2. The molecule has 5 atom stereocenters. The topological polar surface area (TPSA) is 0 Å². The molecule has 0 heterocycles. The average Bonchev–Trinajstić information content (AvgIpc) is 2.37. The Bertz CT molecular complexity index is 296. The molecule has 0 spiro atoms. The smallest absolute Gasteiger partial charge is 0.117 e. The zero-order valence-corrected chi connectivity index (χ0v) is 11.7. The Labute approximate surface area is 116 Å². The fourth-order valence-electron chi connectivity index (χ4n) is 1.81. The molecule has 1 fully saturated rings. The fraction of sp³-hybridized carbons (Fsp3) is 0.714. The van der Waals surface area contributed by atoms with Gasteiger partial charge in [-0.25, -0.2) is 0 Å². The highest BCUT2D eigenvalue weighted by molar-refractivity contribution is 6.59. The van der Waals surface area contributed by atoms with E-state index in [4.69, 9.17) is 81.2 Å². The Morgan fingerprint density at radius 3 is 1.29 bits per heavy atom. The molecule has 80 valence electrons. The van der Waals surface area contributed by atoms with Crippen LogP contribution in [-0.4, -0.2) is 25.9 Å². The van der Waals surface area contributed by atoms with Gasteiger partial charge in [0.05, 0.1) is 26.2 Å². The highest BCUT2D eigenvalue weighted by atomic mass is 35.5. The van der Waals surface area contributed by atoms with Crippen LogP contribution in [0.3, 0.4) is 0 Å². The zero-order chi connectivity index (χ0) is 10.9. The van der Waals surface area contributed by atoms with E-state index in [0.29, 0.717) is 0 Å². The maximum absolute atomic E-state index is 6.22. The Morgan fingerprint density at radius 2 is 1.07 bits per heavy atom. The minimum Gasteiger partial charge on any atom is -0.119 e. The lowest BCUT2D eigenvalue weighted by Gasteiger charge is -2.29. The molecule has 2 rings (SSSR count). The minimum absolute atomic E-state index is 0.202. The first-order valence-electron chi connectivity index (χ1n) is 3.65. The minimum atomic E-state index is -1.16. The number of allylic oxidation sites excluding steroid dienone is 2. The molecule has 7 heteroatoms. The molecule has 1 unspecified atom stereocenters. The quantitative estimate of drug-likeness (QED) is 0.573. The number of alkyl halides is 5. The van der Waals surface area contributed by atoms with Crippen LogP contribution in [0, 0.1) is 0 Å². The van der Waals surface area contributed by atoms with E-state index in [1.165, 1.54) is 0 Å². The molecule has 0 N–H and O–H groups in total. The Balaban J connectivity index is 2.66. The summed E-state index contributed by atoms with van der Waals surface area (Å²) in [5, 5.41) is -1.58. The van der Waals surface area contributed by atoms with Crippen molar-refractivity contribution in [3.05, 3.63) is 10.1 Å². The molecular weight excluding hydrogens is 332 g/mol. The normalized spacial score (nSPS) is 57.2. The second-order valence-corrected chi connectivity index (χ2v) is 6.71. The van der Waals surface area contributed by atoms with Crippen LogP contribution < -0.4 is 0 Å². The lowest BCUT2D eigenvalue weighted by Crippen LogP contribution is -2.38. The third-order valence-corrected chi connectivity index (χ3v) is 7.70. The zero-order valence-electron chi connectivity index (χ0n) is 6.38. The molecule has 0 nitrogen and oxygen atoms in total. The van der Waals surface area contributed by atoms with Crippen LogP contribution >= 0.6 is 81.2 Å². The first-order chi connectivity index (χ1) is 6.29. The molecule has 0 aliphatic heterocycles. The third-order valence-electron chi connectivity index (χ3n) is 2.66. The fourth-order valence-corrected chi connectivity index (χ4v) is 5.35. The van der Waals surface area contributed by atoms with E-state index in [0.717, 1.165) is 0 Å². The number of hydrogen-bond donors (Lipinski definition) is 0. The molecule has 0 radical (unpaired) electrons. The monoisotopic (exact) mass is 332 g/mol. The van der Waals surface area contributed by atoms with Crippen molar-refractivity contribution in [2.24, 2.45) is 0 Å². The van der Waals surface area contributed by atoms with Crippen LogP contribution in [0.5, 0.6) is 0 Å². The van der Waals surface area contributed by atoms with Crippen molar-refractivity contribution < 1.29 is 0 Å². The molecule has 2 aliphatic rings. The number of halogens is 7. The van der Waals surface area contributed by atoms with Gasteiger partial charge in [0.2, 0.25) is 0 Å². The van der Waals surface area contributed by atoms with Crippen LogP contribution in [0.25, 0.3) is 0 Å². The van der Waals surface area contributed by atoms with Gasteiger partial charge in [0, 0.05) is 0 Å². The average molecular weight is 335 g/mol. The summed E-state index contributed by atoms with van der Waals surface area (Å²) in [7, 11) is 0. The van der Waals surface area contributed by atoms with Gasteiger partial charge in [0.1, 0.15) is 9.75 Å². The summed E-state index contributed by atoms with van der Waals surface area (Å²) >= 11 is 42.5. The maximum Gasteiger partial charge on any atom is 0.117 e. The van der Waals surface area contributed by atoms with Crippen LogP contribution in [0.2, 0.25) is 0 Å². The molecule has 0 saturated heterocycles. The maximum atomic E-state index is 6.22. The van der Waals surface area contributed by atoms with Crippen LogP contribution in [-0.2, 0) is 0 Å². The third kappa shape index (κ3) is 1.07. The van der Waals surface area contributed by atoms with Gasteiger partial charge < -0.3 is 0 Å². The first kappa shape index (κ1) is 12.2. The van der Waals surface area contributed by atoms with Gasteiger partial charge in [-0.2, -0.15) is 0 Å². The Hall–Kier alpha value is 1.77. The molecule has 0 aromatic carbocycles. The van der Waals surface area contributed by atoms with Gasteiger partial charge in [-0.3, -0.25) is 0 Å². The summed E-state index contributed by atoms with van der Waals surface area (Å²) in [5.41, 5.74) is 0. The summed E-state index contributed by atoms with van der Waals surface area (Å²) in [4.78, 5) is -2.31. The summed E-state index contributed by atoms with van der Waals surface area (Å²) < 4.78 is 0. The summed E-state index contributed by atoms with van der Waals surface area (Å²) in [6.45, 7) is 0. The van der Waals surface area contributed by atoms with Crippen molar-refractivity contribution >= 4 is 81.2 Å². The van der Waals surface area contributed by atoms with E-state index < -0.39 is 25.9 Å². The highest BCUT2D eigenvalue weighted by Crippen LogP contribution is 2.67. The van der Waals surface area contributed by atoms with Crippen molar-refractivity contribution in [2.75, 3.05) is 0 Å². The summed E-state index contributed by atoms with van der Waals surface area (Å²) in [6, 6.07) is 0. The van der Waals surface area contributed by atoms with Gasteiger partial charge in [-0.15, -0.1) is 58.0 Å². The van der Waals surface area contributed by atoms with Gasteiger partial charge in [0.25, 0.3) is 0 Å². The van der Waals surface area contributed by atoms with E-state index >= 15 is 0 Å². The lowest BCUT2D eigenvalue weighted by atomic mass is 10.1. The SMILES string of the molecule is ClC1=C(Cl)[C@]2(Cl)C(Cl)[C@@]1(Cl)[C@H](Cl)[C@@H]2Cl. The molecule has 1 saturated carbocycles. The van der Waals surface area contributed by atoms with Gasteiger partial charge in [-0.1, -0.05) is 23.2 Å². The summed E-state index contributed by atoms with van der Waals surface area (Å²) in [6.07, 6.45) is 0. The van der Waals surface area contributed by atoms with E-state index in [2.05, 4.69) is 0 Å². The van der Waals surface area contributed by atoms with Crippen molar-refractivity contribution in [1.82, 2.24) is 0 Å². The van der Waals surface area contributed by atoms with Crippen LogP contribution in [0.15, 0.2) is 10.1 Å². The number of hydrogen-bond acceptors (Lipinski definition) is 0. The predicted octanol–water partition coefficient (Wildman–Crippen LogP) is 4.48. The largest absolute Gasteiger partial charge is 0.119 e. The lowest BCUT2D eigenvalue weighted by molar-refractivity contribution is 0.742. The van der Waals surface area contributed by atoms with E-state index in [-0.39, 0.29) is 10.1 Å². The molecule has 0 aromatic rings. The summed E-state index contributed by atoms with van der Waals surface area (Å²) in [5.74, 6) is 0. The van der Waals surface area contributed by atoms with Crippen molar-refractivity contribution in [1.29, 1.82) is 0 Å². The van der Waals surface area contributed by atoms with Crippen molar-refractivity contribution in [2.45, 2.75) is 25.9 Å². The molecule has 14 heavy (non-hydrogen) atoms. The van der Waals surface area contributed by atoms with Crippen molar-refractivity contribution in [3.8, 4) is 0 Å². The molecule has 0 amide bonds. The van der Waals surface area contributed by atoms with E-state index in [1.807, 2.05) is 0 Å². The number of rotatable bonds is 0. The standard InChI is InChI=1S/C7H3Cl7/c8-1-2(9)7(14)4(11)3(10)6(1,13)5(7)12/h1-2,5H/t1-,2+,5?,6-,7+. The van der Waals surface area contributed by atoms with Gasteiger partial charge >= 0.3 is 0 Å². The highest BCUT2D eigenvalue weighted by Gasteiger charge is 2.74. The molecule has 0 aromatic heterocycles. The molecule has 2 aliphatic carbocycles. The van der Waals surface area contributed by atoms with Gasteiger partial charge in [-0.05, 0) is 0 Å². The molecular formula is C7H3Cl7. The van der Waals surface area contributed by atoms with Crippen molar-refractivity contribution in [3.63, 3.8) is 0 Å². The second-order valence-electron chi connectivity index (χ2n) is 3.33. The Morgan fingerprint density at radius 1 is 0.786 bits per heavy atom. The van der Waals surface area contributed by atoms with E-state index in [9.17, 15) is 0 Å². The van der Waals surface area contributed by atoms with Gasteiger partial charge in [0.15, 0.2) is 0 Å². The van der Waals surface area contributed by atoms with Crippen LogP contribution in [0.4, 0.5) is 0 Å². The van der Waals surface area contributed by atoms with Crippen LogP contribution in [0.1, 0.15) is 0 Å². The molecule has 2 bridgehead atoms. The first-order valence-corrected chi connectivity index (χ1v) is 6.47. The van der Waals surface area contributed by atoms with E-state index in [1.54, 1.807) is 0 Å². The second kappa shape index (κ2) is 3.38. The Kier molecular flexibility index (Phi) is 2.96.